The Kier molecular flexibility index (Phi) is 7.09. The third-order valence-corrected chi connectivity index (χ3v) is 4.62. The Balaban J connectivity index is 1.68. The zero-order valence-electron chi connectivity index (χ0n) is 16.4. The fourth-order valence-corrected chi connectivity index (χ4v) is 3.08. The molecule has 9 heteroatoms. The van der Waals surface area contributed by atoms with Crippen LogP contribution in [0.15, 0.2) is 62.2 Å². The van der Waals surface area contributed by atoms with E-state index in [2.05, 4.69) is 15.9 Å². The van der Waals surface area contributed by atoms with Gasteiger partial charge in [-0.2, -0.15) is 0 Å². The second-order valence-corrected chi connectivity index (χ2v) is 7.25. The van der Waals surface area contributed by atoms with E-state index in [1.165, 1.54) is 25.3 Å². The maximum Gasteiger partial charge on any atom is 0.336 e. The van der Waals surface area contributed by atoms with E-state index >= 15 is 0 Å². The molecule has 160 valence electrons. The van der Waals surface area contributed by atoms with Crippen molar-refractivity contribution in [2.45, 2.75) is 6.61 Å². The molecule has 0 atom stereocenters. The van der Waals surface area contributed by atoms with E-state index < -0.39 is 17.5 Å². The van der Waals surface area contributed by atoms with Crippen molar-refractivity contribution in [2.75, 3.05) is 13.7 Å². The molecule has 1 aromatic heterocycles. The van der Waals surface area contributed by atoms with Crippen LogP contribution in [0.1, 0.15) is 11.1 Å². The lowest BCUT2D eigenvalue weighted by Gasteiger charge is -2.10. The van der Waals surface area contributed by atoms with E-state index in [0.29, 0.717) is 33.6 Å². The van der Waals surface area contributed by atoms with Crippen LogP contribution in [0.25, 0.3) is 17.0 Å². The molecule has 0 fully saturated rings. The normalized spacial score (nSPS) is 10.9. The summed E-state index contributed by atoms with van der Waals surface area (Å²) in [6.07, 6.45) is 2.79. The Bertz CT molecular complexity index is 1220. The number of hydrogen-bond donors (Lipinski definition) is 1. The molecule has 0 bridgehead atoms. The molecule has 1 heterocycles. The number of nitrogens with two attached hydrogens (primary N) is 1. The Labute approximate surface area is 185 Å². The van der Waals surface area contributed by atoms with Crippen LogP contribution in [0, 0.1) is 0 Å². The molecule has 1 amide bonds. The molecule has 0 radical (unpaired) electrons. The van der Waals surface area contributed by atoms with Gasteiger partial charge >= 0.3 is 11.6 Å². The summed E-state index contributed by atoms with van der Waals surface area (Å²) < 4.78 is 21.7. The Morgan fingerprint density at radius 1 is 1.13 bits per heavy atom. The first-order valence-corrected chi connectivity index (χ1v) is 9.81. The van der Waals surface area contributed by atoms with Crippen LogP contribution in [0.4, 0.5) is 0 Å². The van der Waals surface area contributed by atoms with Crippen LogP contribution in [-0.4, -0.2) is 25.6 Å². The van der Waals surface area contributed by atoms with Crippen molar-refractivity contribution in [1.29, 1.82) is 0 Å². The number of esters is 1. The Morgan fingerprint density at radius 2 is 1.94 bits per heavy atom. The lowest BCUT2D eigenvalue weighted by Crippen LogP contribution is -2.20. The van der Waals surface area contributed by atoms with Crippen molar-refractivity contribution in [3.63, 3.8) is 0 Å². The number of carbonyl (C=O) groups excluding carboxylic acids is 2. The number of halogens is 1. The third-order valence-electron chi connectivity index (χ3n) is 4.13. The van der Waals surface area contributed by atoms with Gasteiger partial charge in [0.25, 0.3) is 5.91 Å². The molecular weight excluding hydrogens is 470 g/mol. The Hall–Kier alpha value is -3.59. The highest BCUT2D eigenvalue weighted by molar-refractivity contribution is 9.10. The number of benzene rings is 2. The number of carbonyl (C=O) groups is 2. The molecule has 0 saturated heterocycles. The minimum Gasteiger partial charge on any atom is -0.493 e. The largest absolute Gasteiger partial charge is 0.493 e. The molecule has 0 saturated carbocycles. The highest BCUT2D eigenvalue weighted by Gasteiger charge is 2.09. The van der Waals surface area contributed by atoms with E-state index in [0.717, 1.165) is 4.47 Å². The van der Waals surface area contributed by atoms with Crippen molar-refractivity contribution in [2.24, 2.45) is 5.73 Å². The van der Waals surface area contributed by atoms with Crippen molar-refractivity contribution in [1.82, 2.24) is 0 Å². The first-order valence-electron chi connectivity index (χ1n) is 9.02. The monoisotopic (exact) mass is 487 g/mol. The van der Waals surface area contributed by atoms with Crippen LogP contribution in [0.3, 0.4) is 0 Å². The second-order valence-electron chi connectivity index (χ2n) is 6.34. The quantitative estimate of drug-likeness (QED) is 0.294. The molecule has 8 nitrogen and oxygen atoms in total. The molecule has 3 rings (SSSR count). The standard InChI is InChI=1S/C22H18BrNO7/c1-28-19-8-13(2-6-17(19)29-12-20(24)25)3-7-21(26)30-11-14-9-22(27)31-18-10-15(23)4-5-16(14)18/h2-10H,11-12H2,1H3,(H2,24,25)/b7-3+. The molecule has 0 aliphatic carbocycles. The number of ether oxygens (including phenoxy) is 3. The molecule has 2 N–H and O–H groups in total. The summed E-state index contributed by atoms with van der Waals surface area (Å²) in [4.78, 5) is 34.8. The zero-order chi connectivity index (χ0) is 22.4. The van der Waals surface area contributed by atoms with Gasteiger partial charge in [-0.05, 0) is 42.0 Å². The molecule has 0 aliphatic heterocycles. The SMILES string of the molecule is COc1cc(/C=C/C(=O)OCc2cc(=O)oc3cc(Br)ccc23)ccc1OCC(N)=O. The predicted molar refractivity (Wildman–Crippen MR) is 117 cm³/mol. The molecule has 2 aromatic carbocycles. The van der Waals surface area contributed by atoms with Gasteiger partial charge in [0.2, 0.25) is 0 Å². The summed E-state index contributed by atoms with van der Waals surface area (Å²) in [5, 5.41) is 0.677. The molecule has 31 heavy (non-hydrogen) atoms. The van der Waals surface area contributed by atoms with E-state index in [4.69, 9.17) is 24.4 Å². The van der Waals surface area contributed by atoms with E-state index in [9.17, 15) is 14.4 Å². The first-order chi connectivity index (χ1) is 14.9. The third kappa shape index (κ3) is 5.95. The van der Waals surface area contributed by atoms with Crippen LogP contribution < -0.4 is 20.8 Å². The average molecular weight is 488 g/mol. The minimum atomic E-state index is -0.606. The number of rotatable bonds is 8. The summed E-state index contributed by atoms with van der Waals surface area (Å²) in [7, 11) is 1.45. The van der Waals surface area contributed by atoms with Crippen LogP contribution in [-0.2, 0) is 20.9 Å². The topological polar surface area (TPSA) is 118 Å². The number of primary amides is 1. The second kappa shape index (κ2) is 9.94. The number of fused-ring (bicyclic) bond motifs is 1. The van der Waals surface area contributed by atoms with E-state index in [1.54, 1.807) is 36.4 Å². The van der Waals surface area contributed by atoms with Gasteiger partial charge < -0.3 is 24.4 Å². The van der Waals surface area contributed by atoms with Crippen molar-refractivity contribution >= 4 is 44.9 Å². The molecule has 0 unspecified atom stereocenters. The van der Waals surface area contributed by atoms with Gasteiger partial charge in [-0.1, -0.05) is 22.0 Å². The van der Waals surface area contributed by atoms with Gasteiger partial charge in [0, 0.05) is 27.6 Å². The van der Waals surface area contributed by atoms with Gasteiger partial charge in [-0.15, -0.1) is 0 Å². The van der Waals surface area contributed by atoms with Crippen LogP contribution in [0.5, 0.6) is 11.5 Å². The highest BCUT2D eigenvalue weighted by atomic mass is 79.9. The van der Waals surface area contributed by atoms with E-state index in [-0.39, 0.29) is 13.2 Å². The van der Waals surface area contributed by atoms with Gasteiger partial charge in [-0.25, -0.2) is 9.59 Å². The van der Waals surface area contributed by atoms with Gasteiger partial charge in [-0.3, -0.25) is 4.79 Å². The van der Waals surface area contributed by atoms with Crippen molar-refractivity contribution in [3.8, 4) is 11.5 Å². The Morgan fingerprint density at radius 3 is 2.68 bits per heavy atom. The van der Waals surface area contributed by atoms with Crippen molar-refractivity contribution < 1.29 is 28.2 Å². The van der Waals surface area contributed by atoms with Gasteiger partial charge in [0.05, 0.1) is 7.11 Å². The molecular formula is C22H18BrNO7. The average Bonchev–Trinajstić information content (AvgIpc) is 2.74. The number of amides is 1. The van der Waals surface area contributed by atoms with E-state index in [1.807, 2.05) is 0 Å². The first kappa shape index (κ1) is 22.1. The fraction of sp³-hybridized carbons (Fsp3) is 0.136. The summed E-state index contributed by atoms with van der Waals surface area (Å²) in [6.45, 7) is -0.364. The zero-order valence-corrected chi connectivity index (χ0v) is 18.0. The smallest absolute Gasteiger partial charge is 0.336 e. The predicted octanol–water partition coefficient (Wildman–Crippen LogP) is 3.18. The lowest BCUT2D eigenvalue weighted by atomic mass is 10.1. The van der Waals surface area contributed by atoms with Gasteiger partial charge in [0.15, 0.2) is 18.1 Å². The maximum atomic E-state index is 12.1. The maximum absolute atomic E-state index is 12.1. The summed E-state index contributed by atoms with van der Waals surface area (Å²) in [6, 6.07) is 11.5. The van der Waals surface area contributed by atoms with Crippen molar-refractivity contribution in [3.05, 3.63) is 74.6 Å². The lowest BCUT2D eigenvalue weighted by molar-refractivity contribution is -0.138. The summed E-state index contributed by atoms with van der Waals surface area (Å²) in [5.41, 5.74) is 6.12. The molecule has 0 aliphatic rings. The molecule has 0 spiro atoms. The fourth-order valence-electron chi connectivity index (χ4n) is 2.74. The summed E-state index contributed by atoms with van der Waals surface area (Å²) >= 11 is 3.32. The summed E-state index contributed by atoms with van der Waals surface area (Å²) in [5.74, 6) is -0.468. The number of hydrogen-bond acceptors (Lipinski definition) is 7. The molecule has 3 aromatic rings. The van der Waals surface area contributed by atoms with Crippen LogP contribution in [0.2, 0.25) is 0 Å². The minimum absolute atomic E-state index is 0.0872. The van der Waals surface area contributed by atoms with Crippen LogP contribution >= 0.6 is 15.9 Å². The van der Waals surface area contributed by atoms with Gasteiger partial charge in [0.1, 0.15) is 12.2 Å². The number of methoxy groups -OCH3 is 1. The highest BCUT2D eigenvalue weighted by Crippen LogP contribution is 2.28.